The van der Waals surface area contributed by atoms with Gasteiger partial charge in [-0.1, -0.05) is 28.1 Å². The summed E-state index contributed by atoms with van der Waals surface area (Å²) in [6.45, 7) is 5.94. The van der Waals surface area contributed by atoms with Crippen LogP contribution >= 0.6 is 15.9 Å². The summed E-state index contributed by atoms with van der Waals surface area (Å²) in [4.78, 5) is 17.5. The molecule has 2 heterocycles. The quantitative estimate of drug-likeness (QED) is 0.755. The summed E-state index contributed by atoms with van der Waals surface area (Å²) in [5, 5.41) is 0. The normalized spacial score (nSPS) is 21.2. The summed E-state index contributed by atoms with van der Waals surface area (Å²) in [5.74, 6) is 0.163. The lowest BCUT2D eigenvalue weighted by atomic mass is 10.1. The first-order chi connectivity index (χ1) is 10.8. The van der Waals surface area contributed by atoms with Gasteiger partial charge < -0.3 is 9.47 Å². The smallest absolute Gasteiger partial charge is 0.194 e. The lowest BCUT2D eigenvalue weighted by Gasteiger charge is -2.41. The monoisotopic (exact) mass is 368 g/mol. The number of ketones is 1. The van der Waals surface area contributed by atoms with E-state index in [1.807, 2.05) is 24.3 Å². The predicted octanol–water partition coefficient (Wildman–Crippen LogP) is 1.62. The van der Waals surface area contributed by atoms with Crippen molar-refractivity contribution in [1.29, 1.82) is 0 Å². The van der Waals surface area contributed by atoms with Gasteiger partial charge in [-0.25, -0.2) is 0 Å². The Hall–Kier alpha value is -0.790. The fourth-order valence-corrected chi connectivity index (χ4v) is 3.23. The standard InChI is InChI=1S/C16H21BrN2O3/c17-14-3-1-13(2-4-14)15(20)16(18-5-9-21-10-6-18)19-7-11-22-12-8-19/h1-4,16H,5-12H2. The van der Waals surface area contributed by atoms with Gasteiger partial charge in [0.2, 0.25) is 0 Å². The number of nitrogens with zero attached hydrogens (tertiary/aromatic N) is 2. The second-order valence-corrected chi connectivity index (χ2v) is 6.46. The summed E-state index contributed by atoms with van der Waals surface area (Å²) in [6, 6.07) is 7.62. The van der Waals surface area contributed by atoms with E-state index in [1.165, 1.54) is 0 Å². The highest BCUT2D eigenvalue weighted by atomic mass is 79.9. The van der Waals surface area contributed by atoms with Crippen molar-refractivity contribution in [2.75, 3.05) is 52.6 Å². The van der Waals surface area contributed by atoms with Gasteiger partial charge in [0.05, 0.1) is 26.4 Å². The van der Waals surface area contributed by atoms with Crippen LogP contribution in [-0.2, 0) is 9.47 Å². The third-order valence-corrected chi connectivity index (χ3v) is 4.68. The van der Waals surface area contributed by atoms with Crippen LogP contribution in [0.25, 0.3) is 0 Å². The lowest BCUT2D eigenvalue weighted by molar-refractivity contribution is -0.0537. The van der Waals surface area contributed by atoms with Crippen molar-refractivity contribution in [3.63, 3.8) is 0 Å². The number of hydrogen-bond donors (Lipinski definition) is 0. The second-order valence-electron chi connectivity index (χ2n) is 5.54. The number of benzene rings is 1. The van der Waals surface area contributed by atoms with E-state index in [1.54, 1.807) is 0 Å². The molecule has 0 amide bonds. The molecule has 1 aromatic carbocycles. The van der Waals surface area contributed by atoms with Gasteiger partial charge in [0.15, 0.2) is 5.78 Å². The van der Waals surface area contributed by atoms with E-state index in [2.05, 4.69) is 25.7 Å². The largest absolute Gasteiger partial charge is 0.379 e. The van der Waals surface area contributed by atoms with E-state index in [0.29, 0.717) is 26.4 Å². The molecule has 22 heavy (non-hydrogen) atoms. The summed E-state index contributed by atoms with van der Waals surface area (Å²) in [7, 11) is 0. The fourth-order valence-electron chi connectivity index (χ4n) is 2.97. The number of rotatable bonds is 4. The van der Waals surface area contributed by atoms with Crippen molar-refractivity contribution >= 4 is 21.7 Å². The first kappa shape index (κ1) is 16.1. The molecule has 0 N–H and O–H groups in total. The SMILES string of the molecule is O=C(c1ccc(Br)cc1)C(N1CCOCC1)N1CCOCC1. The maximum atomic E-state index is 13.1. The van der Waals surface area contributed by atoms with E-state index in [0.717, 1.165) is 36.2 Å². The Bertz CT molecular complexity index is 479. The molecule has 0 spiro atoms. The molecule has 0 saturated carbocycles. The zero-order valence-electron chi connectivity index (χ0n) is 12.5. The average Bonchev–Trinajstić information content (AvgIpc) is 2.57. The molecule has 0 bridgehead atoms. The Kier molecular flexibility index (Phi) is 5.60. The maximum absolute atomic E-state index is 13.1. The zero-order chi connectivity index (χ0) is 15.4. The van der Waals surface area contributed by atoms with Gasteiger partial charge in [-0.2, -0.15) is 0 Å². The molecular weight excluding hydrogens is 348 g/mol. The Morgan fingerprint density at radius 2 is 1.36 bits per heavy atom. The van der Waals surface area contributed by atoms with Gasteiger partial charge in [-0.05, 0) is 12.1 Å². The number of halogens is 1. The molecule has 0 atom stereocenters. The van der Waals surface area contributed by atoms with Crippen LogP contribution in [0.3, 0.4) is 0 Å². The van der Waals surface area contributed by atoms with E-state index in [-0.39, 0.29) is 11.9 Å². The van der Waals surface area contributed by atoms with Crippen molar-refractivity contribution < 1.29 is 14.3 Å². The molecular formula is C16H21BrN2O3. The predicted molar refractivity (Wildman–Crippen MR) is 87.0 cm³/mol. The molecule has 2 fully saturated rings. The molecule has 3 rings (SSSR count). The van der Waals surface area contributed by atoms with Crippen LogP contribution in [0.4, 0.5) is 0 Å². The van der Waals surface area contributed by atoms with Crippen molar-refractivity contribution in [2.24, 2.45) is 0 Å². The fraction of sp³-hybridized carbons (Fsp3) is 0.562. The van der Waals surface area contributed by atoms with Gasteiger partial charge in [0.25, 0.3) is 0 Å². The number of morpholine rings is 2. The molecule has 120 valence electrons. The first-order valence-electron chi connectivity index (χ1n) is 7.69. The van der Waals surface area contributed by atoms with E-state index >= 15 is 0 Å². The van der Waals surface area contributed by atoms with Crippen LogP contribution in [0.2, 0.25) is 0 Å². The van der Waals surface area contributed by atoms with Crippen LogP contribution in [0, 0.1) is 0 Å². The first-order valence-corrected chi connectivity index (χ1v) is 8.48. The number of ether oxygens (including phenoxy) is 2. The average molecular weight is 369 g/mol. The topological polar surface area (TPSA) is 42.0 Å². The maximum Gasteiger partial charge on any atom is 0.194 e. The molecule has 0 unspecified atom stereocenters. The van der Waals surface area contributed by atoms with Gasteiger partial charge >= 0.3 is 0 Å². The highest BCUT2D eigenvalue weighted by Crippen LogP contribution is 2.18. The summed E-state index contributed by atoms with van der Waals surface area (Å²) in [6.07, 6.45) is -0.214. The lowest BCUT2D eigenvalue weighted by Crippen LogP contribution is -2.58. The summed E-state index contributed by atoms with van der Waals surface area (Å²) in [5.41, 5.74) is 0.756. The molecule has 1 aromatic rings. The van der Waals surface area contributed by atoms with Gasteiger partial charge in [0.1, 0.15) is 6.17 Å². The van der Waals surface area contributed by atoms with E-state index < -0.39 is 0 Å². The van der Waals surface area contributed by atoms with Crippen LogP contribution in [0.5, 0.6) is 0 Å². The Balaban J connectivity index is 1.82. The third kappa shape index (κ3) is 3.75. The molecule has 6 heteroatoms. The minimum absolute atomic E-state index is 0.163. The van der Waals surface area contributed by atoms with Gasteiger partial charge in [-0.3, -0.25) is 14.6 Å². The molecule has 0 aliphatic carbocycles. The van der Waals surface area contributed by atoms with Crippen LogP contribution < -0.4 is 0 Å². The van der Waals surface area contributed by atoms with Crippen LogP contribution in [0.1, 0.15) is 10.4 Å². The van der Waals surface area contributed by atoms with Crippen molar-refractivity contribution in [3.05, 3.63) is 34.3 Å². The van der Waals surface area contributed by atoms with Crippen molar-refractivity contribution in [1.82, 2.24) is 9.80 Å². The van der Waals surface area contributed by atoms with Crippen molar-refractivity contribution in [3.8, 4) is 0 Å². The molecule has 2 aliphatic heterocycles. The van der Waals surface area contributed by atoms with Crippen LogP contribution in [-0.4, -0.2) is 74.4 Å². The number of carbonyl (C=O) groups excluding carboxylic acids is 1. The highest BCUT2D eigenvalue weighted by molar-refractivity contribution is 9.10. The third-order valence-electron chi connectivity index (χ3n) is 4.15. The summed E-state index contributed by atoms with van der Waals surface area (Å²) < 4.78 is 11.9. The zero-order valence-corrected chi connectivity index (χ0v) is 14.1. The van der Waals surface area contributed by atoms with E-state index in [9.17, 15) is 4.79 Å². The number of hydrogen-bond acceptors (Lipinski definition) is 5. The minimum atomic E-state index is -0.214. The van der Waals surface area contributed by atoms with E-state index in [4.69, 9.17) is 9.47 Å². The second kappa shape index (κ2) is 7.66. The Morgan fingerprint density at radius 3 is 1.82 bits per heavy atom. The molecule has 5 nitrogen and oxygen atoms in total. The molecule has 2 aliphatic rings. The number of Topliss-reactive ketones (excluding diaryl/α,β-unsaturated/α-hetero) is 1. The molecule has 2 saturated heterocycles. The molecule has 0 radical (unpaired) electrons. The van der Waals surface area contributed by atoms with Gasteiger partial charge in [-0.15, -0.1) is 0 Å². The van der Waals surface area contributed by atoms with Crippen LogP contribution in [0.15, 0.2) is 28.7 Å². The minimum Gasteiger partial charge on any atom is -0.379 e. The summed E-state index contributed by atoms with van der Waals surface area (Å²) >= 11 is 3.42. The Labute approximate surface area is 139 Å². The Morgan fingerprint density at radius 1 is 0.909 bits per heavy atom. The molecule has 0 aromatic heterocycles. The number of carbonyl (C=O) groups is 1. The highest BCUT2D eigenvalue weighted by Gasteiger charge is 2.34. The van der Waals surface area contributed by atoms with Crippen molar-refractivity contribution in [2.45, 2.75) is 6.17 Å². The van der Waals surface area contributed by atoms with Gasteiger partial charge in [0, 0.05) is 36.2 Å².